The molecule has 0 amide bonds. The number of rotatable bonds is 0. The van der Waals surface area contributed by atoms with Gasteiger partial charge in [-0.1, -0.05) is 34.8 Å². The Labute approximate surface area is 79.4 Å². The maximum absolute atomic E-state index is 13.2. The zero-order chi connectivity index (χ0) is 8.70. The Kier molecular flexibility index (Phi) is 2.61. The van der Waals surface area contributed by atoms with Gasteiger partial charge in [-0.05, 0) is 19.3 Å². The molecule has 66 valence electrons. The molecule has 1 aliphatic carbocycles. The van der Waals surface area contributed by atoms with Crippen molar-refractivity contribution in [1.82, 2.24) is 0 Å². The molecule has 2 unspecified atom stereocenters. The Morgan fingerprint density at radius 3 is 2.27 bits per heavy atom. The van der Waals surface area contributed by atoms with Crippen LogP contribution in [-0.2, 0) is 0 Å². The highest BCUT2D eigenvalue weighted by Crippen LogP contribution is 2.50. The lowest BCUT2D eigenvalue weighted by Crippen LogP contribution is -2.50. The van der Waals surface area contributed by atoms with Crippen molar-refractivity contribution >= 4 is 34.8 Å². The molecule has 0 aromatic rings. The summed E-state index contributed by atoms with van der Waals surface area (Å²) in [6.45, 7) is 0. The molecule has 0 aromatic carbocycles. The van der Waals surface area contributed by atoms with E-state index in [0.29, 0.717) is 12.8 Å². The van der Waals surface area contributed by atoms with Crippen LogP contribution in [0.3, 0.4) is 0 Å². The van der Waals surface area contributed by atoms with Gasteiger partial charge in [0.2, 0.25) is 5.13 Å². The summed E-state index contributed by atoms with van der Waals surface area (Å²) in [5, 5.41) is 6.98. The highest BCUT2D eigenvalue weighted by atomic mass is 35.5. The van der Waals surface area contributed by atoms with E-state index in [4.69, 9.17) is 34.8 Å². The average Bonchev–Trinajstić information content (AvgIpc) is 1.84. The van der Waals surface area contributed by atoms with Crippen LogP contribution < -0.4 is 0 Å². The number of hydrogen-bond donors (Lipinski definition) is 1. The summed E-state index contributed by atoms with van der Waals surface area (Å²) in [7, 11) is 0. The predicted octanol–water partition coefficient (Wildman–Crippen LogP) is 2.61. The first-order valence-electron chi connectivity index (χ1n) is 3.31. The SMILES string of the molecule is OC1CCCC(F)(Cl)C1(Cl)Cl. The smallest absolute Gasteiger partial charge is 0.218 e. The number of halogens is 4. The largest absolute Gasteiger partial charge is 0.390 e. The van der Waals surface area contributed by atoms with E-state index in [2.05, 4.69) is 0 Å². The fraction of sp³-hybridized carbons (Fsp3) is 1.00. The number of aliphatic hydroxyl groups excluding tert-OH is 1. The first kappa shape index (κ1) is 9.85. The molecule has 0 saturated heterocycles. The van der Waals surface area contributed by atoms with E-state index in [1.165, 1.54) is 0 Å². The predicted molar refractivity (Wildman–Crippen MR) is 44.0 cm³/mol. The van der Waals surface area contributed by atoms with Gasteiger partial charge in [-0.25, -0.2) is 4.39 Å². The quantitative estimate of drug-likeness (QED) is 0.624. The van der Waals surface area contributed by atoms with Crippen LogP contribution in [-0.4, -0.2) is 20.7 Å². The molecule has 1 fully saturated rings. The van der Waals surface area contributed by atoms with Gasteiger partial charge in [0.15, 0.2) is 4.33 Å². The summed E-state index contributed by atoms with van der Waals surface area (Å²) in [6, 6.07) is 0. The maximum Gasteiger partial charge on any atom is 0.218 e. The molecule has 5 heteroatoms. The molecule has 0 aromatic heterocycles. The number of aliphatic hydroxyl groups is 1. The Balaban J connectivity index is 2.82. The third kappa shape index (κ3) is 1.59. The minimum absolute atomic E-state index is 0.0820. The highest BCUT2D eigenvalue weighted by molar-refractivity contribution is 6.53. The minimum Gasteiger partial charge on any atom is -0.390 e. The molecule has 1 N–H and O–H groups in total. The average molecular weight is 221 g/mol. The van der Waals surface area contributed by atoms with Crippen molar-refractivity contribution in [3.05, 3.63) is 0 Å². The first-order valence-corrected chi connectivity index (χ1v) is 4.45. The molecule has 0 radical (unpaired) electrons. The van der Waals surface area contributed by atoms with E-state index >= 15 is 0 Å². The zero-order valence-electron chi connectivity index (χ0n) is 5.66. The van der Waals surface area contributed by atoms with Gasteiger partial charge in [0.25, 0.3) is 0 Å². The Bertz CT molecular complexity index is 160. The van der Waals surface area contributed by atoms with Gasteiger partial charge in [-0.2, -0.15) is 0 Å². The molecule has 1 nitrogen and oxygen atoms in total. The van der Waals surface area contributed by atoms with Crippen LogP contribution in [0.2, 0.25) is 0 Å². The maximum atomic E-state index is 13.2. The van der Waals surface area contributed by atoms with Crippen LogP contribution in [0.1, 0.15) is 19.3 Å². The lowest BCUT2D eigenvalue weighted by Gasteiger charge is -2.39. The van der Waals surface area contributed by atoms with Crippen LogP contribution in [0.25, 0.3) is 0 Å². The van der Waals surface area contributed by atoms with Crippen molar-refractivity contribution < 1.29 is 9.50 Å². The molecule has 1 aliphatic rings. The molecule has 0 aliphatic heterocycles. The molecular formula is C6H8Cl3FO. The summed E-state index contributed by atoms with van der Waals surface area (Å²) >= 11 is 16.4. The lowest BCUT2D eigenvalue weighted by atomic mass is 9.94. The standard InChI is InChI=1S/C6H8Cl3FO/c7-5(10)3-1-2-4(11)6(5,8)9/h4,11H,1-3H2. The third-order valence-corrected chi connectivity index (χ3v) is 3.66. The van der Waals surface area contributed by atoms with Crippen molar-refractivity contribution in [2.45, 2.75) is 34.8 Å². The molecule has 0 spiro atoms. The molecule has 11 heavy (non-hydrogen) atoms. The second kappa shape index (κ2) is 2.91. The lowest BCUT2D eigenvalue weighted by molar-refractivity contribution is 0.0521. The van der Waals surface area contributed by atoms with Crippen LogP contribution in [0, 0.1) is 0 Å². The van der Waals surface area contributed by atoms with Gasteiger partial charge in [-0.3, -0.25) is 0 Å². The van der Waals surface area contributed by atoms with Crippen molar-refractivity contribution in [3.63, 3.8) is 0 Å². The summed E-state index contributed by atoms with van der Waals surface area (Å²) in [6.07, 6.45) is -0.103. The van der Waals surface area contributed by atoms with Gasteiger partial charge in [0.05, 0.1) is 6.10 Å². The highest BCUT2D eigenvalue weighted by Gasteiger charge is 2.56. The minimum atomic E-state index is -2.20. The van der Waals surface area contributed by atoms with E-state index in [0.717, 1.165) is 0 Å². The van der Waals surface area contributed by atoms with Crippen LogP contribution in [0.15, 0.2) is 0 Å². The molecule has 0 heterocycles. The molecule has 1 rings (SSSR count). The Morgan fingerprint density at radius 2 is 1.91 bits per heavy atom. The second-order valence-electron chi connectivity index (χ2n) is 2.74. The molecular weight excluding hydrogens is 213 g/mol. The van der Waals surface area contributed by atoms with E-state index < -0.39 is 15.6 Å². The monoisotopic (exact) mass is 220 g/mol. The summed E-state index contributed by atoms with van der Waals surface area (Å²) in [4.78, 5) is 0. The van der Waals surface area contributed by atoms with Gasteiger partial charge < -0.3 is 5.11 Å². The number of hydrogen-bond acceptors (Lipinski definition) is 1. The van der Waals surface area contributed by atoms with Crippen LogP contribution >= 0.6 is 34.8 Å². The topological polar surface area (TPSA) is 20.2 Å². The Hall–Kier alpha value is 0.760. The van der Waals surface area contributed by atoms with Crippen molar-refractivity contribution in [1.29, 1.82) is 0 Å². The van der Waals surface area contributed by atoms with E-state index in [-0.39, 0.29) is 6.42 Å². The van der Waals surface area contributed by atoms with Gasteiger partial charge >= 0.3 is 0 Å². The number of alkyl halides is 4. The summed E-state index contributed by atoms with van der Waals surface area (Å²) in [5.41, 5.74) is 0. The van der Waals surface area contributed by atoms with E-state index in [1.807, 2.05) is 0 Å². The second-order valence-corrected chi connectivity index (χ2v) is 4.72. The molecule has 0 bridgehead atoms. The van der Waals surface area contributed by atoms with Crippen molar-refractivity contribution in [3.8, 4) is 0 Å². The molecule has 1 saturated carbocycles. The summed E-state index contributed by atoms with van der Waals surface area (Å²) in [5.74, 6) is 0. The summed E-state index contributed by atoms with van der Waals surface area (Å²) < 4.78 is 11.4. The van der Waals surface area contributed by atoms with Gasteiger partial charge in [0.1, 0.15) is 0 Å². The molecule has 2 atom stereocenters. The zero-order valence-corrected chi connectivity index (χ0v) is 7.93. The fourth-order valence-corrected chi connectivity index (χ4v) is 1.78. The fourth-order valence-electron chi connectivity index (χ4n) is 1.11. The van der Waals surface area contributed by atoms with Crippen molar-refractivity contribution in [2.75, 3.05) is 0 Å². The normalized spacial score (nSPS) is 43.9. The Morgan fingerprint density at radius 1 is 1.36 bits per heavy atom. The van der Waals surface area contributed by atoms with Crippen LogP contribution in [0.4, 0.5) is 4.39 Å². The van der Waals surface area contributed by atoms with E-state index in [9.17, 15) is 9.50 Å². The van der Waals surface area contributed by atoms with E-state index in [1.54, 1.807) is 0 Å². The van der Waals surface area contributed by atoms with Crippen LogP contribution in [0.5, 0.6) is 0 Å². The van der Waals surface area contributed by atoms with Gasteiger partial charge in [-0.15, -0.1) is 0 Å². The van der Waals surface area contributed by atoms with Gasteiger partial charge in [0, 0.05) is 0 Å². The third-order valence-electron chi connectivity index (χ3n) is 1.87. The first-order chi connectivity index (χ1) is 4.88. The van der Waals surface area contributed by atoms with Crippen molar-refractivity contribution in [2.24, 2.45) is 0 Å².